The minimum atomic E-state index is -0.252. The first-order chi connectivity index (χ1) is 12.6. The molecule has 0 bridgehead atoms. The van der Waals surface area contributed by atoms with Crippen molar-refractivity contribution in [3.8, 4) is 0 Å². The maximum atomic E-state index is 14.2. The normalized spacial score (nSPS) is 15.8. The van der Waals surface area contributed by atoms with Crippen molar-refractivity contribution in [2.24, 2.45) is 0 Å². The van der Waals surface area contributed by atoms with E-state index in [0.717, 1.165) is 11.1 Å². The lowest BCUT2D eigenvalue weighted by Crippen LogP contribution is -2.37. The molecule has 1 unspecified atom stereocenters. The molecule has 2 aromatic carbocycles. The van der Waals surface area contributed by atoms with Crippen molar-refractivity contribution >= 4 is 17.7 Å². The summed E-state index contributed by atoms with van der Waals surface area (Å²) in [5.74, 6) is -0.434. The third-order valence-corrected chi connectivity index (χ3v) is 4.41. The van der Waals surface area contributed by atoms with Gasteiger partial charge in [0.2, 0.25) is 5.91 Å². The lowest BCUT2D eigenvalue weighted by Gasteiger charge is -2.29. The first kappa shape index (κ1) is 18.1. The molecule has 0 spiro atoms. The van der Waals surface area contributed by atoms with Crippen LogP contribution >= 0.6 is 0 Å². The molecule has 1 aliphatic rings. The number of amides is 1. The van der Waals surface area contributed by atoms with Gasteiger partial charge >= 0.3 is 0 Å². The summed E-state index contributed by atoms with van der Waals surface area (Å²) in [4.78, 5) is 14.1. The fraction of sp³-hybridized carbons (Fsp3) is 0.286. The Morgan fingerprint density at radius 2 is 1.92 bits per heavy atom. The Kier molecular flexibility index (Phi) is 6.02. The maximum absolute atomic E-state index is 14.2. The van der Waals surface area contributed by atoms with Crippen LogP contribution in [0.5, 0.6) is 0 Å². The van der Waals surface area contributed by atoms with Gasteiger partial charge in [0.15, 0.2) is 0 Å². The van der Waals surface area contributed by atoms with Gasteiger partial charge in [-0.15, -0.1) is 0 Å². The summed E-state index contributed by atoms with van der Waals surface area (Å²) in [5.41, 5.74) is 2.40. The number of morpholine rings is 1. The van der Waals surface area contributed by atoms with E-state index in [1.54, 1.807) is 12.1 Å². The van der Waals surface area contributed by atoms with Gasteiger partial charge in [0, 0.05) is 19.2 Å². The molecule has 26 heavy (non-hydrogen) atoms. The second-order valence-corrected chi connectivity index (χ2v) is 6.28. The Morgan fingerprint density at radius 1 is 1.19 bits per heavy atom. The Hall–Kier alpha value is -2.66. The zero-order valence-corrected chi connectivity index (χ0v) is 14.8. The van der Waals surface area contributed by atoms with E-state index < -0.39 is 0 Å². The highest BCUT2D eigenvalue weighted by molar-refractivity contribution is 5.91. The molecule has 0 radical (unpaired) electrons. The van der Waals surface area contributed by atoms with Crippen LogP contribution < -0.4 is 10.2 Å². The van der Waals surface area contributed by atoms with Gasteiger partial charge in [-0.2, -0.15) is 0 Å². The van der Waals surface area contributed by atoms with Crippen LogP contribution in [0.3, 0.4) is 0 Å². The van der Waals surface area contributed by atoms with Crippen molar-refractivity contribution < 1.29 is 13.9 Å². The molecule has 3 rings (SSSR count). The zero-order valence-electron chi connectivity index (χ0n) is 14.8. The summed E-state index contributed by atoms with van der Waals surface area (Å²) in [5, 5.41) is 2.92. The first-order valence-electron chi connectivity index (χ1n) is 8.79. The third kappa shape index (κ3) is 4.70. The van der Waals surface area contributed by atoms with Crippen LogP contribution in [0, 0.1) is 5.82 Å². The van der Waals surface area contributed by atoms with Gasteiger partial charge in [-0.3, -0.25) is 4.79 Å². The van der Waals surface area contributed by atoms with Crippen LogP contribution in [0.1, 0.15) is 24.1 Å². The number of hydrogen-bond acceptors (Lipinski definition) is 3. The largest absolute Gasteiger partial charge is 0.378 e. The summed E-state index contributed by atoms with van der Waals surface area (Å²) in [6, 6.07) is 14.4. The molecule has 1 saturated heterocycles. The molecule has 1 N–H and O–H groups in total. The smallest absolute Gasteiger partial charge is 0.244 e. The maximum Gasteiger partial charge on any atom is 0.244 e. The number of anilines is 1. The number of rotatable bonds is 5. The molecule has 2 aromatic rings. The second kappa shape index (κ2) is 8.63. The Bertz CT molecular complexity index is 771. The first-order valence-corrected chi connectivity index (χ1v) is 8.79. The van der Waals surface area contributed by atoms with E-state index in [0.29, 0.717) is 32.0 Å². The number of ether oxygens (including phenoxy) is 1. The predicted molar refractivity (Wildman–Crippen MR) is 101 cm³/mol. The highest BCUT2D eigenvalue weighted by Gasteiger charge is 2.17. The van der Waals surface area contributed by atoms with Crippen molar-refractivity contribution in [1.29, 1.82) is 0 Å². The Morgan fingerprint density at radius 3 is 2.65 bits per heavy atom. The molecule has 0 aromatic heterocycles. The summed E-state index contributed by atoms with van der Waals surface area (Å²) >= 11 is 0. The highest BCUT2D eigenvalue weighted by atomic mass is 19.1. The van der Waals surface area contributed by atoms with Crippen LogP contribution in [-0.2, 0) is 9.53 Å². The topological polar surface area (TPSA) is 41.6 Å². The van der Waals surface area contributed by atoms with E-state index in [1.165, 1.54) is 12.1 Å². The molecule has 1 aliphatic heterocycles. The van der Waals surface area contributed by atoms with Gasteiger partial charge in [0.25, 0.3) is 0 Å². The van der Waals surface area contributed by atoms with Crippen LogP contribution in [0.25, 0.3) is 6.08 Å². The summed E-state index contributed by atoms with van der Waals surface area (Å²) in [6.45, 7) is 4.42. The monoisotopic (exact) mass is 354 g/mol. The summed E-state index contributed by atoms with van der Waals surface area (Å²) < 4.78 is 19.5. The Balaban J connectivity index is 1.66. The molecule has 136 valence electrons. The van der Waals surface area contributed by atoms with E-state index in [1.807, 2.05) is 48.2 Å². The molecule has 1 amide bonds. The number of hydrogen-bond donors (Lipinski definition) is 1. The molecular weight excluding hydrogens is 331 g/mol. The van der Waals surface area contributed by atoms with E-state index >= 15 is 0 Å². The average molecular weight is 354 g/mol. The van der Waals surface area contributed by atoms with Crippen molar-refractivity contribution in [1.82, 2.24) is 5.32 Å². The van der Waals surface area contributed by atoms with Gasteiger partial charge in [-0.25, -0.2) is 4.39 Å². The standard InChI is InChI=1S/C21H23FN2O2/c1-16(23-21(25)10-7-17-5-3-2-4-6-17)18-8-9-19(22)20(15-18)24-11-13-26-14-12-24/h2-10,15-16H,11-14H2,1H3,(H,23,25)/b10-7-. The van der Waals surface area contributed by atoms with Crippen LogP contribution in [0.2, 0.25) is 0 Å². The Labute approximate surface area is 153 Å². The molecule has 0 saturated carbocycles. The summed E-state index contributed by atoms with van der Waals surface area (Å²) in [6.07, 6.45) is 3.28. The zero-order chi connectivity index (χ0) is 18.4. The SMILES string of the molecule is CC(NC(=O)/C=C\c1ccccc1)c1ccc(F)c(N2CCOCC2)c1. The predicted octanol–water partition coefficient (Wildman–Crippen LogP) is 3.55. The quantitative estimate of drug-likeness (QED) is 0.835. The molecule has 5 heteroatoms. The fourth-order valence-corrected chi connectivity index (χ4v) is 2.93. The van der Waals surface area contributed by atoms with E-state index in [9.17, 15) is 9.18 Å². The average Bonchev–Trinajstić information content (AvgIpc) is 2.68. The van der Waals surface area contributed by atoms with Crippen molar-refractivity contribution in [2.45, 2.75) is 13.0 Å². The van der Waals surface area contributed by atoms with Gasteiger partial charge in [-0.05, 0) is 36.3 Å². The van der Waals surface area contributed by atoms with E-state index in [-0.39, 0.29) is 17.8 Å². The lowest BCUT2D eigenvalue weighted by atomic mass is 10.1. The minimum absolute atomic E-state index is 0.182. The number of carbonyl (C=O) groups is 1. The van der Waals surface area contributed by atoms with Crippen LogP contribution in [0.4, 0.5) is 10.1 Å². The number of benzene rings is 2. The van der Waals surface area contributed by atoms with E-state index in [4.69, 9.17) is 4.74 Å². The molecule has 4 nitrogen and oxygen atoms in total. The van der Waals surface area contributed by atoms with Gasteiger partial charge in [0.05, 0.1) is 24.9 Å². The number of halogens is 1. The van der Waals surface area contributed by atoms with Crippen molar-refractivity contribution in [3.63, 3.8) is 0 Å². The highest BCUT2D eigenvalue weighted by Crippen LogP contribution is 2.25. The summed E-state index contributed by atoms with van der Waals surface area (Å²) in [7, 11) is 0. The molecule has 0 aliphatic carbocycles. The minimum Gasteiger partial charge on any atom is -0.378 e. The van der Waals surface area contributed by atoms with Crippen molar-refractivity contribution in [3.05, 3.63) is 71.6 Å². The van der Waals surface area contributed by atoms with Gasteiger partial charge in [0.1, 0.15) is 5.82 Å². The van der Waals surface area contributed by atoms with Gasteiger partial charge < -0.3 is 15.0 Å². The molecule has 1 heterocycles. The van der Waals surface area contributed by atoms with Crippen LogP contribution in [0.15, 0.2) is 54.6 Å². The van der Waals surface area contributed by atoms with Crippen molar-refractivity contribution in [2.75, 3.05) is 31.2 Å². The second-order valence-electron chi connectivity index (χ2n) is 6.28. The lowest BCUT2D eigenvalue weighted by molar-refractivity contribution is -0.117. The third-order valence-electron chi connectivity index (χ3n) is 4.41. The molecular formula is C21H23FN2O2. The number of nitrogens with one attached hydrogen (secondary N) is 1. The number of carbonyl (C=O) groups excluding carboxylic acids is 1. The molecule has 1 fully saturated rings. The van der Waals surface area contributed by atoms with E-state index in [2.05, 4.69) is 5.32 Å². The fourth-order valence-electron chi connectivity index (χ4n) is 2.93. The van der Waals surface area contributed by atoms with Gasteiger partial charge in [-0.1, -0.05) is 36.4 Å². The van der Waals surface area contributed by atoms with Crippen LogP contribution in [-0.4, -0.2) is 32.2 Å². The molecule has 1 atom stereocenters. The number of nitrogens with zero attached hydrogens (tertiary/aromatic N) is 1.